The van der Waals surface area contributed by atoms with E-state index < -0.39 is 0 Å². The first-order valence-corrected chi connectivity index (χ1v) is 11.7. The predicted molar refractivity (Wildman–Crippen MR) is 141 cm³/mol. The molecule has 4 aromatic carbocycles. The molecular weight excluding hydrogens is 452 g/mol. The van der Waals surface area contributed by atoms with Crippen molar-refractivity contribution in [3.63, 3.8) is 0 Å². The maximum absolute atomic E-state index is 5.45. The SMILES string of the molecule is Cc1cc(-c2ccc(N=Cc3ccc4c(c3)OCO4)c(C)c2)ccc1N=Cc1ccc2c(c1)OCO2. The van der Waals surface area contributed by atoms with Crippen LogP contribution >= 0.6 is 0 Å². The fourth-order valence-electron chi connectivity index (χ4n) is 4.23. The largest absolute Gasteiger partial charge is 0.454 e. The summed E-state index contributed by atoms with van der Waals surface area (Å²) in [5.41, 5.74) is 8.29. The Morgan fingerprint density at radius 2 is 0.972 bits per heavy atom. The highest BCUT2D eigenvalue weighted by Gasteiger charge is 2.13. The zero-order valence-corrected chi connectivity index (χ0v) is 20.0. The molecule has 0 radical (unpaired) electrons. The molecule has 0 spiro atoms. The Morgan fingerprint density at radius 3 is 1.42 bits per heavy atom. The van der Waals surface area contributed by atoms with Crippen LogP contribution in [0.2, 0.25) is 0 Å². The van der Waals surface area contributed by atoms with Gasteiger partial charge in [0.05, 0.1) is 11.4 Å². The van der Waals surface area contributed by atoms with Crippen LogP contribution < -0.4 is 18.9 Å². The van der Waals surface area contributed by atoms with Crippen LogP contribution in [0.4, 0.5) is 11.4 Å². The van der Waals surface area contributed by atoms with Gasteiger partial charge in [0.25, 0.3) is 0 Å². The van der Waals surface area contributed by atoms with E-state index in [0.29, 0.717) is 0 Å². The van der Waals surface area contributed by atoms with Gasteiger partial charge in [0.1, 0.15) is 0 Å². The average molecular weight is 477 g/mol. The van der Waals surface area contributed by atoms with Gasteiger partial charge in [-0.05, 0) is 108 Å². The van der Waals surface area contributed by atoms with Gasteiger partial charge in [-0.15, -0.1) is 0 Å². The summed E-state index contributed by atoms with van der Waals surface area (Å²) < 4.78 is 21.6. The van der Waals surface area contributed by atoms with Crippen molar-refractivity contribution in [1.29, 1.82) is 0 Å². The molecule has 2 aliphatic heterocycles. The molecule has 4 aromatic rings. The van der Waals surface area contributed by atoms with Crippen molar-refractivity contribution in [2.45, 2.75) is 13.8 Å². The Bertz CT molecular complexity index is 1410. The lowest BCUT2D eigenvalue weighted by Gasteiger charge is -2.08. The maximum Gasteiger partial charge on any atom is 0.231 e. The van der Waals surface area contributed by atoms with Crippen LogP contribution in [0, 0.1) is 13.8 Å². The van der Waals surface area contributed by atoms with Gasteiger partial charge in [-0.1, -0.05) is 12.1 Å². The number of fused-ring (bicyclic) bond motifs is 2. The van der Waals surface area contributed by atoms with E-state index in [2.05, 4.69) is 60.2 Å². The molecule has 0 unspecified atom stereocenters. The number of ether oxygens (including phenoxy) is 4. The number of rotatable bonds is 5. The molecule has 0 aliphatic carbocycles. The van der Waals surface area contributed by atoms with Crippen molar-refractivity contribution in [1.82, 2.24) is 0 Å². The quantitative estimate of drug-likeness (QED) is 0.293. The third kappa shape index (κ3) is 4.41. The molecule has 178 valence electrons. The first-order valence-electron chi connectivity index (χ1n) is 11.7. The van der Waals surface area contributed by atoms with Crippen LogP contribution in [-0.2, 0) is 0 Å². The highest BCUT2D eigenvalue weighted by molar-refractivity contribution is 5.85. The van der Waals surface area contributed by atoms with E-state index in [1.54, 1.807) is 0 Å². The van der Waals surface area contributed by atoms with Crippen LogP contribution in [0.1, 0.15) is 22.3 Å². The molecule has 0 saturated heterocycles. The normalized spacial score (nSPS) is 13.7. The molecule has 6 nitrogen and oxygen atoms in total. The molecule has 6 rings (SSSR count). The number of aliphatic imine (C=N–C) groups is 2. The van der Waals surface area contributed by atoms with Gasteiger partial charge in [-0.2, -0.15) is 0 Å². The second kappa shape index (κ2) is 9.23. The van der Waals surface area contributed by atoms with Crippen molar-refractivity contribution < 1.29 is 18.9 Å². The molecule has 0 N–H and O–H groups in total. The lowest BCUT2D eigenvalue weighted by molar-refractivity contribution is 0.173. The fourth-order valence-corrected chi connectivity index (χ4v) is 4.23. The van der Waals surface area contributed by atoms with Crippen LogP contribution in [0.25, 0.3) is 11.1 Å². The second-order valence-electron chi connectivity index (χ2n) is 8.74. The van der Waals surface area contributed by atoms with E-state index in [1.165, 1.54) is 0 Å². The van der Waals surface area contributed by atoms with Crippen molar-refractivity contribution >= 4 is 23.8 Å². The fraction of sp³-hybridized carbons (Fsp3) is 0.133. The summed E-state index contributed by atoms with van der Waals surface area (Å²) in [6.45, 7) is 4.69. The maximum atomic E-state index is 5.45. The van der Waals surface area contributed by atoms with Gasteiger partial charge in [-0.25, -0.2) is 0 Å². The second-order valence-corrected chi connectivity index (χ2v) is 8.74. The topological polar surface area (TPSA) is 61.6 Å². The molecule has 0 saturated carbocycles. The zero-order chi connectivity index (χ0) is 24.5. The van der Waals surface area contributed by atoms with Crippen molar-refractivity contribution in [2.24, 2.45) is 9.98 Å². The van der Waals surface area contributed by atoms with Gasteiger partial charge in [0.2, 0.25) is 13.6 Å². The Labute approximate surface area is 209 Å². The molecule has 0 atom stereocenters. The lowest BCUT2D eigenvalue weighted by Crippen LogP contribution is -1.92. The van der Waals surface area contributed by atoms with Crippen LogP contribution in [0.15, 0.2) is 82.8 Å². The van der Waals surface area contributed by atoms with Gasteiger partial charge in [0.15, 0.2) is 23.0 Å². The predicted octanol–water partition coefficient (Wildman–Crippen LogP) is 6.93. The molecule has 2 aliphatic rings. The van der Waals surface area contributed by atoms with E-state index >= 15 is 0 Å². The highest BCUT2D eigenvalue weighted by Crippen LogP contribution is 2.34. The Morgan fingerprint density at radius 1 is 0.528 bits per heavy atom. The highest BCUT2D eigenvalue weighted by atomic mass is 16.7. The minimum Gasteiger partial charge on any atom is -0.454 e. The van der Waals surface area contributed by atoms with Crippen molar-refractivity contribution in [2.75, 3.05) is 13.6 Å². The summed E-state index contributed by atoms with van der Waals surface area (Å²) in [4.78, 5) is 9.37. The molecule has 0 amide bonds. The van der Waals surface area contributed by atoms with E-state index in [-0.39, 0.29) is 13.6 Å². The summed E-state index contributed by atoms with van der Waals surface area (Å²) in [5, 5.41) is 0. The molecule has 36 heavy (non-hydrogen) atoms. The molecular formula is C30H24N2O4. The number of nitrogens with zero attached hydrogens (tertiary/aromatic N) is 2. The number of hydrogen-bond donors (Lipinski definition) is 0. The van der Waals surface area contributed by atoms with E-state index in [4.69, 9.17) is 18.9 Å². The molecule has 2 heterocycles. The van der Waals surface area contributed by atoms with Gasteiger partial charge in [0, 0.05) is 12.4 Å². The third-order valence-corrected chi connectivity index (χ3v) is 6.23. The Balaban J connectivity index is 1.18. The third-order valence-electron chi connectivity index (χ3n) is 6.23. The zero-order valence-electron chi connectivity index (χ0n) is 20.0. The lowest BCUT2D eigenvalue weighted by atomic mass is 10.00. The minimum atomic E-state index is 0.267. The number of hydrogen-bond acceptors (Lipinski definition) is 6. The first-order chi connectivity index (χ1) is 17.6. The molecule has 0 fully saturated rings. The monoisotopic (exact) mass is 476 g/mol. The average Bonchev–Trinajstić information content (AvgIpc) is 3.56. The van der Waals surface area contributed by atoms with Crippen LogP contribution in [-0.4, -0.2) is 26.0 Å². The Hall–Kier alpha value is -4.58. The standard InChI is InChI=1S/C30H24N2O4/c1-19-11-23(5-7-25(19)31-15-21-3-9-27-29(13-21)35-17-33-27)24-6-8-26(20(2)12-24)32-16-22-4-10-28-30(14-22)36-18-34-28/h3-16H,17-18H2,1-2H3. The number of benzene rings is 4. The summed E-state index contributed by atoms with van der Waals surface area (Å²) >= 11 is 0. The smallest absolute Gasteiger partial charge is 0.231 e. The first kappa shape index (κ1) is 21.9. The van der Waals surface area contributed by atoms with Crippen LogP contribution in [0.5, 0.6) is 23.0 Å². The Kier molecular flexibility index (Phi) is 5.62. The summed E-state index contributed by atoms with van der Waals surface area (Å²) in [6.07, 6.45) is 3.70. The summed E-state index contributed by atoms with van der Waals surface area (Å²) in [7, 11) is 0. The van der Waals surface area contributed by atoms with E-state index in [9.17, 15) is 0 Å². The van der Waals surface area contributed by atoms with E-state index in [0.717, 1.165) is 67.8 Å². The van der Waals surface area contributed by atoms with E-state index in [1.807, 2.05) is 48.8 Å². The molecule has 0 aromatic heterocycles. The molecule has 0 bridgehead atoms. The molecule has 6 heteroatoms. The van der Waals surface area contributed by atoms with Gasteiger partial charge in [-0.3, -0.25) is 9.98 Å². The van der Waals surface area contributed by atoms with Crippen molar-refractivity contribution in [3.05, 3.63) is 95.1 Å². The van der Waals surface area contributed by atoms with Crippen molar-refractivity contribution in [3.8, 4) is 34.1 Å². The van der Waals surface area contributed by atoms with Gasteiger partial charge < -0.3 is 18.9 Å². The summed E-state index contributed by atoms with van der Waals surface area (Å²) in [5.74, 6) is 3.05. The number of aryl methyl sites for hydroxylation is 2. The summed E-state index contributed by atoms with van der Waals surface area (Å²) in [6, 6.07) is 24.3. The minimum absolute atomic E-state index is 0.267. The van der Waals surface area contributed by atoms with Crippen LogP contribution in [0.3, 0.4) is 0 Å². The van der Waals surface area contributed by atoms with Gasteiger partial charge >= 0.3 is 0 Å².